The average molecular weight is 261 g/mol. The summed E-state index contributed by atoms with van der Waals surface area (Å²) >= 11 is 0. The van der Waals surface area contributed by atoms with Gasteiger partial charge in [0.15, 0.2) is 0 Å². The summed E-state index contributed by atoms with van der Waals surface area (Å²) in [4.78, 5) is 11.4. The standard InChI is InChI=1S/C14H19N3O2/c18-14(19)11-7-4-3-6-10(11)13-16-15-12-8-2-1-5-9-17(12)13/h3-4,10-11H,1-2,5-9H2,(H,18,19). The van der Waals surface area contributed by atoms with Gasteiger partial charge < -0.3 is 9.67 Å². The minimum absolute atomic E-state index is 0.0261. The maximum atomic E-state index is 11.4. The molecule has 2 heterocycles. The van der Waals surface area contributed by atoms with Crippen molar-refractivity contribution in [2.24, 2.45) is 5.92 Å². The summed E-state index contributed by atoms with van der Waals surface area (Å²) in [7, 11) is 0. The molecule has 2 unspecified atom stereocenters. The molecule has 0 fully saturated rings. The Morgan fingerprint density at radius 3 is 2.89 bits per heavy atom. The first-order valence-corrected chi connectivity index (χ1v) is 7.07. The maximum Gasteiger partial charge on any atom is 0.307 e. The van der Waals surface area contributed by atoms with Gasteiger partial charge in [0.05, 0.1) is 5.92 Å². The molecule has 0 aromatic carbocycles. The zero-order valence-electron chi connectivity index (χ0n) is 11.0. The summed E-state index contributed by atoms with van der Waals surface area (Å²) in [6.07, 6.45) is 9.88. The van der Waals surface area contributed by atoms with Crippen LogP contribution in [0.3, 0.4) is 0 Å². The Labute approximate surface area is 112 Å². The predicted molar refractivity (Wildman–Crippen MR) is 69.8 cm³/mol. The van der Waals surface area contributed by atoms with E-state index in [-0.39, 0.29) is 11.8 Å². The number of fused-ring (bicyclic) bond motifs is 1. The van der Waals surface area contributed by atoms with E-state index in [0.717, 1.165) is 43.9 Å². The van der Waals surface area contributed by atoms with Crippen molar-refractivity contribution in [3.63, 3.8) is 0 Å². The van der Waals surface area contributed by atoms with Crippen LogP contribution in [0.5, 0.6) is 0 Å². The molecule has 1 aliphatic heterocycles. The van der Waals surface area contributed by atoms with Crippen molar-refractivity contribution >= 4 is 5.97 Å². The van der Waals surface area contributed by atoms with Gasteiger partial charge in [0.2, 0.25) is 0 Å². The van der Waals surface area contributed by atoms with E-state index >= 15 is 0 Å². The number of rotatable bonds is 2. The fraction of sp³-hybridized carbons (Fsp3) is 0.643. The summed E-state index contributed by atoms with van der Waals surface area (Å²) in [6, 6.07) is 0. The molecule has 0 radical (unpaired) electrons. The van der Waals surface area contributed by atoms with Crippen LogP contribution in [0.4, 0.5) is 0 Å². The summed E-state index contributed by atoms with van der Waals surface area (Å²) in [5, 5.41) is 18.0. The number of aromatic nitrogens is 3. The third kappa shape index (κ3) is 2.29. The van der Waals surface area contributed by atoms with Crippen molar-refractivity contribution in [2.45, 2.75) is 51.0 Å². The van der Waals surface area contributed by atoms with Crippen molar-refractivity contribution in [3.8, 4) is 0 Å². The van der Waals surface area contributed by atoms with E-state index < -0.39 is 5.97 Å². The lowest BCUT2D eigenvalue weighted by Crippen LogP contribution is -2.26. The van der Waals surface area contributed by atoms with Gasteiger partial charge in [0.1, 0.15) is 11.6 Å². The smallest absolute Gasteiger partial charge is 0.307 e. The van der Waals surface area contributed by atoms with Gasteiger partial charge in [-0.1, -0.05) is 18.6 Å². The second kappa shape index (κ2) is 5.15. The van der Waals surface area contributed by atoms with E-state index in [2.05, 4.69) is 20.8 Å². The molecule has 0 spiro atoms. The van der Waals surface area contributed by atoms with Gasteiger partial charge in [-0.15, -0.1) is 10.2 Å². The molecule has 1 aliphatic carbocycles. The number of aliphatic carboxylic acids is 1. The monoisotopic (exact) mass is 261 g/mol. The molecule has 5 heteroatoms. The third-order valence-electron chi connectivity index (χ3n) is 4.22. The van der Waals surface area contributed by atoms with Crippen LogP contribution in [-0.2, 0) is 17.8 Å². The fourth-order valence-corrected chi connectivity index (χ4v) is 3.15. The van der Waals surface area contributed by atoms with Gasteiger partial charge in [0.25, 0.3) is 0 Å². The number of allylic oxidation sites excluding steroid dienone is 2. The van der Waals surface area contributed by atoms with Crippen molar-refractivity contribution in [2.75, 3.05) is 0 Å². The Hall–Kier alpha value is -1.65. The lowest BCUT2D eigenvalue weighted by Gasteiger charge is -2.25. The topological polar surface area (TPSA) is 68.0 Å². The number of carboxylic acids is 1. The fourth-order valence-electron chi connectivity index (χ4n) is 3.15. The Balaban J connectivity index is 1.94. The second-order valence-electron chi connectivity index (χ2n) is 5.43. The summed E-state index contributed by atoms with van der Waals surface area (Å²) in [5.41, 5.74) is 0. The number of carbonyl (C=O) groups is 1. The van der Waals surface area contributed by atoms with Crippen molar-refractivity contribution in [1.29, 1.82) is 0 Å². The lowest BCUT2D eigenvalue weighted by molar-refractivity contribution is -0.142. The van der Waals surface area contributed by atoms with E-state index in [4.69, 9.17) is 0 Å². The molecule has 5 nitrogen and oxygen atoms in total. The van der Waals surface area contributed by atoms with E-state index in [0.29, 0.717) is 6.42 Å². The van der Waals surface area contributed by atoms with Crippen LogP contribution in [0.25, 0.3) is 0 Å². The van der Waals surface area contributed by atoms with Crippen molar-refractivity contribution in [3.05, 3.63) is 23.8 Å². The molecular formula is C14H19N3O2. The van der Waals surface area contributed by atoms with Crippen molar-refractivity contribution < 1.29 is 9.90 Å². The number of carboxylic acid groups (broad SMARTS) is 1. The van der Waals surface area contributed by atoms with Gasteiger partial charge in [-0.25, -0.2) is 0 Å². The minimum atomic E-state index is -0.722. The van der Waals surface area contributed by atoms with Gasteiger partial charge in [-0.2, -0.15) is 0 Å². The van der Waals surface area contributed by atoms with Crippen LogP contribution in [0.1, 0.15) is 49.7 Å². The summed E-state index contributed by atoms with van der Waals surface area (Å²) in [5.74, 6) is 0.809. The lowest BCUT2D eigenvalue weighted by atomic mass is 9.82. The normalized spacial score (nSPS) is 26.7. The first-order chi connectivity index (χ1) is 9.27. The first-order valence-electron chi connectivity index (χ1n) is 7.07. The average Bonchev–Trinajstić information content (AvgIpc) is 2.67. The molecule has 1 aromatic heterocycles. The maximum absolute atomic E-state index is 11.4. The highest BCUT2D eigenvalue weighted by atomic mass is 16.4. The SMILES string of the molecule is O=C(O)C1CC=CCC1c1nnc2n1CCCCC2. The molecule has 19 heavy (non-hydrogen) atoms. The summed E-state index contributed by atoms with van der Waals surface area (Å²) in [6.45, 7) is 0.935. The number of nitrogens with zero attached hydrogens (tertiary/aromatic N) is 3. The molecule has 0 saturated heterocycles. The molecular weight excluding hydrogens is 242 g/mol. The van der Waals surface area contributed by atoms with Gasteiger partial charge in [0, 0.05) is 18.9 Å². The van der Waals surface area contributed by atoms with Gasteiger partial charge in [-0.05, 0) is 25.7 Å². The van der Waals surface area contributed by atoms with E-state index in [1.165, 1.54) is 6.42 Å². The highest BCUT2D eigenvalue weighted by Crippen LogP contribution is 2.34. The third-order valence-corrected chi connectivity index (χ3v) is 4.22. The quantitative estimate of drug-likeness (QED) is 0.828. The Morgan fingerprint density at radius 2 is 2.05 bits per heavy atom. The van der Waals surface area contributed by atoms with Crippen LogP contribution >= 0.6 is 0 Å². The molecule has 0 bridgehead atoms. The van der Waals surface area contributed by atoms with Crippen LogP contribution in [0.15, 0.2) is 12.2 Å². The second-order valence-corrected chi connectivity index (χ2v) is 5.43. The van der Waals surface area contributed by atoms with Gasteiger partial charge in [-0.3, -0.25) is 4.79 Å². The first kappa shape index (κ1) is 12.4. The molecule has 2 atom stereocenters. The van der Waals surface area contributed by atoms with Crippen molar-refractivity contribution in [1.82, 2.24) is 14.8 Å². The number of hydrogen-bond donors (Lipinski definition) is 1. The number of hydrogen-bond acceptors (Lipinski definition) is 3. The van der Waals surface area contributed by atoms with E-state index in [1.807, 2.05) is 6.08 Å². The van der Waals surface area contributed by atoms with E-state index in [9.17, 15) is 9.90 Å². The van der Waals surface area contributed by atoms with Crippen LogP contribution in [0, 0.1) is 5.92 Å². The molecule has 102 valence electrons. The zero-order chi connectivity index (χ0) is 13.2. The highest BCUT2D eigenvalue weighted by molar-refractivity contribution is 5.71. The van der Waals surface area contributed by atoms with Crippen LogP contribution < -0.4 is 0 Å². The Kier molecular flexibility index (Phi) is 3.36. The van der Waals surface area contributed by atoms with Gasteiger partial charge >= 0.3 is 5.97 Å². The van der Waals surface area contributed by atoms with E-state index in [1.54, 1.807) is 0 Å². The molecule has 0 saturated carbocycles. The molecule has 3 rings (SSSR count). The molecule has 1 aromatic rings. The molecule has 2 aliphatic rings. The van der Waals surface area contributed by atoms with Crippen LogP contribution in [0.2, 0.25) is 0 Å². The van der Waals surface area contributed by atoms with Crippen LogP contribution in [-0.4, -0.2) is 25.8 Å². The molecule has 0 amide bonds. The largest absolute Gasteiger partial charge is 0.481 e. The Bertz CT molecular complexity index is 507. The predicted octanol–water partition coefficient (Wildman–Crippen LogP) is 2.14. The summed E-state index contributed by atoms with van der Waals surface area (Å²) < 4.78 is 2.17. The molecule has 1 N–H and O–H groups in total. The number of aryl methyl sites for hydroxylation is 1. The highest BCUT2D eigenvalue weighted by Gasteiger charge is 2.34. The minimum Gasteiger partial charge on any atom is -0.481 e. The zero-order valence-corrected chi connectivity index (χ0v) is 11.0. The Morgan fingerprint density at radius 1 is 1.21 bits per heavy atom.